The van der Waals surface area contributed by atoms with Gasteiger partial charge in [-0.15, -0.1) is 0 Å². The van der Waals surface area contributed by atoms with Gasteiger partial charge >= 0.3 is 0 Å². The molecule has 1 saturated carbocycles. The molecule has 1 atom stereocenters. The Kier molecular flexibility index (Phi) is 4.94. The van der Waals surface area contributed by atoms with Crippen molar-refractivity contribution in [3.8, 4) is 0 Å². The molecule has 0 aromatic heterocycles. The summed E-state index contributed by atoms with van der Waals surface area (Å²) in [6.07, 6.45) is 3.61. The highest BCUT2D eigenvalue weighted by molar-refractivity contribution is 7.88. The van der Waals surface area contributed by atoms with E-state index in [4.69, 9.17) is 0 Å². The zero-order valence-corrected chi connectivity index (χ0v) is 15.1. The molecule has 1 aromatic carbocycles. The van der Waals surface area contributed by atoms with Crippen LogP contribution in [0.15, 0.2) is 30.3 Å². The monoisotopic (exact) mass is 351 g/mol. The van der Waals surface area contributed by atoms with Crippen molar-refractivity contribution in [3.05, 3.63) is 35.9 Å². The molecule has 2 aliphatic rings. The van der Waals surface area contributed by atoms with Crippen molar-refractivity contribution >= 4 is 15.9 Å². The number of carbonyl (C=O) groups is 1. The van der Waals surface area contributed by atoms with Crippen molar-refractivity contribution in [2.45, 2.75) is 24.9 Å². The van der Waals surface area contributed by atoms with Crippen LogP contribution in [0.2, 0.25) is 0 Å². The van der Waals surface area contributed by atoms with Gasteiger partial charge in [0.05, 0.1) is 18.8 Å². The van der Waals surface area contributed by atoms with E-state index in [-0.39, 0.29) is 18.5 Å². The highest BCUT2D eigenvalue weighted by Gasteiger charge is 2.38. The topological polar surface area (TPSA) is 60.9 Å². The number of carbonyl (C=O) groups excluding carboxylic acids is 1. The van der Waals surface area contributed by atoms with Crippen LogP contribution in [0.4, 0.5) is 0 Å². The Morgan fingerprint density at radius 3 is 2.46 bits per heavy atom. The second-order valence-corrected chi connectivity index (χ2v) is 8.85. The van der Waals surface area contributed by atoms with Crippen molar-refractivity contribution in [1.29, 1.82) is 0 Å². The summed E-state index contributed by atoms with van der Waals surface area (Å²) in [5, 5.41) is 0. The first-order valence-corrected chi connectivity index (χ1v) is 10.2. The van der Waals surface area contributed by atoms with Crippen LogP contribution in [0.3, 0.4) is 0 Å². The van der Waals surface area contributed by atoms with Crippen LogP contribution < -0.4 is 0 Å². The standard InChI is InChI=1S/C17H25N3O3S/c1-18(24(2,22)23)13-17(21)20-11-10-19(15-8-9-15)12-16(20)14-6-4-3-5-7-14/h3-7,15-16H,8-13H2,1-2H3. The third kappa shape index (κ3) is 3.96. The Labute approximate surface area is 144 Å². The van der Waals surface area contributed by atoms with Crippen molar-refractivity contribution in [2.24, 2.45) is 0 Å². The predicted octanol–water partition coefficient (Wildman–Crippen LogP) is 0.926. The number of rotatable bonds is 5. The zero-order chi connectivity index (χ0) is 17.3. The fourth-order valence-electron chi connectivity index (χ4n) is 3.23. The van der Waals surface area contributed by atoms with Crippen LogP contribution in [0.1, 0.15) is 24.4 Å². The molecule has 6 nitrogen and oxygen atoms in total. The molecule has 1 amide bonds. The molecule has 1 saturated heterocycles. The first kappa shape index (κ1) is 17.4. The van der Waals surface area contributed by atoms with E-state index in [0.29, 0.717) is 12.6 Å². The molecule has 0 bridgehead atoms. The molecule has 0 N–H and O–H groups in total. The number of piperazine rings is 1. The lowest BCUT2D eigenvalue weighted by molar-refractivity contribution is -0.136. The molecule has 0 spiro atoms. The van der Waals surface area contributed by atoms with Gasteiger partial charge in [-0.1, -0.05) is 30.3 Å². The minimum atomic E-state index is -3.36. The molecule has 1 heterocycles. The van der Waals surface area contributed by atoms with Gasteiger partial charge in [0.2, 0.25) is 15.9 Å². The molecular weight excluding hydrogens is 326 g/mol. The molecule has 0 radical (unpaired) electrons. The fraction of sp³-hybridized carbons (Fsp3) is 0.588. The Hall–Kier alpha value is -1.44. The van der Waals surface area contributed by atoms with Crippen molar-refractivity contribution in [2.75, 3.05) is 39.5 Å². The fourth-order valence-corrected chi connectivity index (χ4v) is 3.58. The Bertz CT molecular complexity index is 688. The number of nitrogens with zero attached hydrogens (tertiary/aromatic N) is 3. The van der Waals surface area contributed by atoms with E-state index in [2.05, 4.69) is 4.90 Å². The number of hydrogen-bond donors (Lipinski definition) is 0. The van der Waals surface area contributed by atoms with Gasteiger partial charge in [-0.2, -0.15) is 4.31 Å². The van der Waals surface area contributed by atoms with Crippen LogP contribution in [-0.4, -0.2) is 74.0 Å². The molecule has 1 aliphatic carbocycles. The second kappa shape index (κ2) is 6.82. The van der Waals surface area contributed by atoms with Crippen molar-refractivity contribution < 1.29 is 13.2 Å². The van der Waals surface area contributed by atoms with Gasteiger partial charge < -0.3 is 4.90 Å². The maximum Gasteiger partial charge on any atom is 0.238 e. The summed E-state index contributed by atoms with van der Waals surface area (Å²) in [5.41, 5.74) is 1.11. The summed E-state index contributed by atoms with van der Waals surface area (Å²) in [7, 11) is -1.91. The first-order valence-electron chi connectivity index (χ1n) is 8.36. The molecule has 1 aromatic rings. The highest BCUT2D eigenvalue weighted by atomic mass is 32.2. The van der Waals surface area contributed by atoms with Crippen molar-refractivity contribution in [1.82, 2.24) is 14.1 Å². The predicted molar refractivity (Wildman–Crippen MR) is 93.0 cm³/mol. The van der Waals surface area contributed by atoms with E-state index in [0.717, 1.165) is 29.2 Å². The number of amides is 1. The van der Waals surface area contributed by atoms with Crippen LogP contribution in [-0.2, 0) is 14.8 Å². The average Bonchev–Trinajstić information content (AvgIpc) is 3.39. The van der Waals surface area contributed by atoms with Crippen LogP contribution in [0.25, 0.3) is 0 Å². The van der Waals surface area contributed by atoms with E-state index in [9.17, 15) is 13.2 Å². The maximum absolute atomic E-state index is 12.7. The number of benzene rings is 1. The average molecular weight is 351 g/mol. The summed E-state index contributed by atoms with van der Waals surface area (Å²) in [4.78, 5) is 17.0. The quantitative estimate of drug-likeness (QED) is 0.792. The van der Waals surface area contributed by atoms with Crippen LogP contribution in [0.5, 0.6) is 0 Å². The third-order valence-electron chi connectivity index (χ3n) is 4.90. The van der Waals surface area contributed by atoms with Crippen LogP contribution >= 0.6 is 0 Å². The third-order valence-corrected chi connectivity index (χ3v) is 6.17. The van der Waals surface area contributed by atoms with Gasteiger partial charge in [0.1, 0.15) is 0 Å². The second-order valence-electron chi connectivity index (χ2n) is 6.76. The summed E-state index contributed by atoms with van der Waals surface area (Å²) in [6, 6.07) is 10.7. The molecular formula is C17H25N3O3S. The van der Waals surface area contributed by atoms with Crippen molar-refractivity contribution in [3.63, 3.8) is 0 Å². The molecule has 7 heteroatoms. The van der Waals surface area contributed by atoms with Crippen LogP contribution in [0, 0.1) is 0 Å². The van der Waals surface area contributed by atoms with E-state index in [1.54, 1.807) is 0 Å². The highest BCUT2D eigenvalue weighted by Crippen LogP contribution is 2.33. The van der Waals surface area contributed by atoms with E-state index < -0.39 is 10.0 Å². The minimum Gasteiger partial charge on any atom is -0.332 e. The summed E-state index contributed by atoms with van der Waals surface area (Å²) in [5.74, 6) is -0.132. The lowest BCUT2D eigenvalue weighted by Crippen LogP contribution is -2.53. The van der Waals surface area contributed by atoms with E-state index in [1.165, 1.54) is 19.9 Å². The van der Waals surface area contributed by atoms with Gasteiger partial charge in [0, 0.05) is 32.7 Å². The summed E-state index contributed by atoms with van der Waals surface area (Å²) < 4.78 is 24.3. The Balaban J connectivity index is 1.77. The molecule has 3 rings (SSSR count). The van der Waals surface area contributed by atoms with Gasteiger partial charge in [-0.05, 0) is 18.4 Å². The van der Waals surface area contributed by atoms with Gasteiger partial charge in [-0.3, -0.25) is 9.69 Å². The molecule has 1 unspecified atom stereocenters. The Morgan fingerprint density at radius 2 is 1.88 bits per heavy atom. The largest absolute Gasteiger partial charge is 0.332 e. The SMILES string of the molecule is CN(CC(=O)N1CCN(C2CC2)CC1c1ccccc1)S(C)(=O)=O. The van der Waals surface area contributed by atoms with E-state index >= 15 is 0 Å². The minimum absolute atomic E-state index is 0.0130. The number of sulfonamides is 1. The lowest BCUT2D eigenvalue weighted by Gasteiger charge is -2.42. The van der Waals surface area contributed by atoms with E-state index in [1.807, 2.05) is 35.2 Å². The first-order chi connectivity index (χ1) is 11.4. The zero-order valence-electron chi connectivity index (χ0n) is 14.3. The normalized spacial score (nSPS) is 22.8. The lowest BCUT2D eigenvalue weighted by atomic mass is 10.0. The smallest absolute Gasteiger partial charge is 0.238 e. The van der Waals surface area contributed by atoms with Gasteiger partial charge in [-0.25, -0.2) is 8.42 Å². The van der Waals surface area contributed by atoms with Gasteiger partial charge in [0.25, 0.3) is 0 Å². The molecule has 24 heavy (non-hydrogen) atoms. The maximum atomic E-state index is 12.7. The molecule has 2 fully saturated rings. The molecule has 132 valence electrons. The summed E-state index contributed by atoms with van der Waals surface area (Å²) in [6.45, 7) is 2.23. The number of likely N-dealkylation sites (N-methyl/N-ethyl adjacent to an activating group) is 1. The Morgan fingerprint density at radius 1 is 1.21 bits per heavy atom. The number of hydrogen-bond acceptors (Lipinski definition) is 4. The van der Waals surface area contributed by atoms with Gasteiger partial charge in [0.15, 0.2) is 0 Å². The summed E-state index contributed by atoms with van der Waals surface area (Å²) >= 11 is 0. The molecule has 1 aliphatic heterocycles.